The van der Waals surface area contributed by atoms with E-state index in [0.717, 1.165) is 32.5 Å². The zero-order valence-electron chi connectivity index (χ0n) is 12.3. The predicted octanol–water partition coefficient (Wildman–Crippen LogP) is 3.70. The van der Waals surface area contributed by atoms with Crippen molar-refractivity contribution in [2.24, 2.45) is 0 Å². The molecule has 0 spiro atoms. The highest BCUT2D eigenvalue weighted by atomic mass is 32.1. The van der Waals surface area contributed by atoms with E-state index in [-0.39, 0.29) is 0 Å². The van der Waals surface area contributed by atoms with Crippen molar-refractivity contribution in [3.8, 4) is 10.7 Å². The summed E-state index contributed by atoms with van der Waals surface area (Å²) < 4.78 is 0. The number of aromatic amines is 2. The quantitative estimate of drug-likeness (QED) is 0.468. The maximum atomic E-state index is 4.67. The van der Waals surface area contributed by atoms with Crippen LogP contribution in [0.25, 0.3) is 32.6 Å². The summed E-state index contributed by atoms with van der Waals surface area (Å²) in [5.74, 6) is 1.38. The zero-order chi connectivity index (χ0) is 15.9. The van der Waals surface area contributed by atoms with Gasteiger partial charge in [0, 0.05) is 11.1 Å². The number of hydrogen-bond acceptors (Lipinski definition) is 6. The Bertz CT molecular complexity index is 1140. The van der Waals surface area contributed by atoms with Crippen molar-refractivity contribution >= 4 is 44.8 Å². The maximum Gasteiger partial charge on any atom is 0.172 e. The minimum absolute atomic E-state index is 0.684. The molecule has 7 nitrogen and oxygen atoms in total. The highest BCUT2D eigenvalue weighted by Gasteiger charge is 2.12. The average molecular weight is 333 g/mol. The Balaban J connectivity index is 1.63. The Morgan fingerprint density at radius 3 is 2.88 bits per heavy atom. The third-order valence-electron chi connectivity index (χ3n) is 3.75. The first kappa shape index (κ1) is 13.2. The van der Waals surface area contributed by atoms with Crippen LogP contribution in [-0.2, 0) is 0 Å². The Labute approximate surface area is 139 Å². The van der Waals surface area contributed by atoms with Gasteiger partial charge in [0.2, 0.25) is 0 Å². The van der Waals surface area contributed by atoms with E-state index in [0.29, 0.717) is 11.6 Å². The Morgan fingerprint density at radius 2 is 1.96 bits per heavy atom. The first-order valence-corrected chi connectivity index (χ1v) is 8.20. The monoisotopic (exact) mass is 333 g/mol. The molecule has 116 valence electrons. The average Bonchev–Trinajstić information content (AvgIpc) is 3.34. The van der Waals surface area contributed by atoms with Gasteiger partial charge in [-0.05, 0) is 29.6 Å². The molecule has 5 aromatic rings. The summed E-state index contributed by atoms with van der Waals surface area (Å²) in [4.78, 5) is 10.3. The van der Waals surface area contributed by atoms with Crippen LogP contribution >= 0.6 is 11.3 Å². The number of rotatable bonds is 3. The number of nitrogens with zero attached hydrogens (tertiary/aromatic N) is 4. The third kappa shape index (κ3) is 2.12. The van der Waals surface area contributed by atoms with Gasteiger partial charge in [0.25, 0.3) is 0 Å². The zero-order valence-corrected chi connectivity index (χ0v) is 13.1. The van der Waals surface area contributed by atoms with Crippen molar-refractivity contribution < 1.29 is 0 Å². The lowest BCUT2D eigenvalue weighted by atomic mass is 10.2. The largest absolute Gasteiger partial charge is 0.338 e. The third-order valence-corrected chi connectivity index (χ3v) is 4.61. The number of anilines is 2. The number of fused-ring (bicyclic) bond motifs is 2. The van der Waals surface area contributed by atoms with Crippen LogP contribution in [-0.4, -0.2) is 30.4 Å². The Morgan fingerprint density at radius 1 is 1.00 bits per heavy atom. The molecule has 0 aliphatic heterocycles. The molecule has 0 saturated carbocycles. The number of H-pyrrole nitrogens is 2. The molecule has 0 fully saturated rings. The highest BCUT2D eigenvalue weighted by molar-refractivity contribution is 7.13. The van der Waals surface area contributed by atoms with E-state index in [2.05, 4.69) is 35.7 Å². The molecule has 0 radical (unpaired) electrons. The number of hydrogen-bond donors (Lipinski definition) is 3. The normalized spacial score (nSPS) is 11.3. The van der Waals surface area contributed by atoms with Crippen molar-refractivity contribution in [1.29, 1.82) is 0 Å². The van der Waals surface area contributed by atoms with Crippen molar-refractivity contribution in [3.05, 3.63) is 48.1 Å². The van der Waals surface area contributed by atoms with Crippen LogP contribution in [0, 0.1) is 0 Å². The number of aromatic nitrogens is 6. The van der Waals surface area contributed by atoms with E-state index in [4.69, 9.17) is 0 Å². The number of thiophene rings is 1. The molecular formula is C16H11N7S. The van der Waals surface area contributed by atoms with Crippen LogP contribution in [0.5, 0.6) is 0 Å². The van der Waals surface area contributed by atoms with Crippen molar-refractivity contribution in [2.75, 3.05) is 5.32 Å². The van der Waals surface area contributed by atoms with E-state index in [1.807, 2.05) is 35.7 Å². The lowest BCUT2D eigenvalue weighted by molar-refractivity contribution is 1.11. The van der Waals surface area contributed by atoms with Gasteiger partial charge in [-0.3, -0.25) is 10.2 Å². The van der Waals surface area contributed by atoms with Crippen LogP contribution in [0.3, 0.4) is 0 Å². The summed E-state index contributed by atoms with van der Waals surface area (Å²) in [6.45, 7) is 0. The van der Waals surface area contributed by atoms with Crippen LogP contribution in [0.15, 0.2) is 48.1 Å². The summed E-state index contributed by atoms with van der Waals surface area (Å²) in [5, 5.41) is 20.5. The molecule has 0 atom stereocenters. The SMILES string of the molecule is c1csc(-c2nc(Nc3ccc4cn[nH]c4c3)c3[nH]ncc3n2)c1. The summed E-state index contributed by atoms with van der Waals surface area (Å²) in [7, 11) is 0. The molecule has 5 rings (SSSR count). The van der Waals surface area contributed by atoms with E-state index >= 15 is 0 Å². The van der Waals surface area contributed by atoms with Crippen LogP contribution < -0.4 is 5.32 Å². The van der Waals surface area contributed by atoms with Gasteiger partial charge < -0.3 is 5.32 Å². The Hall–Kier alpha value is -3.26. The van der Waals surface area contributed by atoms with Crippen molar-refractivity contribution in [3.63, 3.8) is 0 Å². The van der Waals surface area contributed by atoms with Gasteiger partial charge >= 0.3 is 0 Å². The van der Waals surface area contributed by atoms with Crippen LogP contribution in [0.4, 0.5) is 11.5 Å². The second-order valence-electron chi connectivity index (χ2n) is 5.30. The van der Waals surface area contributed by atoms with Gasteiger partial charge in [-0.25, -0.2) is 9.97 Å². The molecule has 0 amide bonds. The van der Waals surface area contributed by atoms with E-state index < -0.39 is 0 Å². The summed E-state index contributed by atoms with van der Waals surface area (Å²) in [5.41, 5.74) is 3.44. The van der Waals surface area contributed by atoms with Gasteiger partial charge in [0.05, 0.1) is 22.8 Å². The molecule has 0 aliphatic rings. The first-order valence-electron chi connectivity index (χ1n) is 7.32. The molecule has 24 heavy (non-hydrogen) atoms. The molecule has 3 N–H and O–H groups in total. The Kier molecular flexibility index (Phi) is 2.83. The predicted molar refractivity (Wildman–Crippen MR) is 94.4 cm³/mol. The lowest BCUT2D eigenvalue weighted by Gasteiger charge is -2.08. The van der Waals surface area contributed by atoms with Crippen molar-refractivity contribution in [2.45, 2.75) is 0 Å². The van der Waals surface area contributed by atoms with Gasteiger partial charge in [0.1, 0.15) is 11.0 Å². The van der Waals surface area contributed by atoms with Gasteiger partial charge in [-0.2, -0.15) is 10.2 Å². The van der Waals surface area contributed by atoms with Crippen LogP contribution in [0.2, 0.25) is 0 Å². The molecule has 1 aromatic carbocycles. The number of benzene rings is 1. The molecule has 4 heterocycles. The second-order valence-corrected chi connectivity index (χ2v) is 6.25. The molecule has 0 unspecified atom stereocenters. The summed E-state index contributed by atoms with van der Waals surface area (Å²) in [6.07, 6.45) is 3.50. The molecule has 4 aromatic heterocycles. The standard InChI is InChI=1S/C16H11N7S/c1-2-13(24-5-1)15-20-12-8-18-23-14(12)16(21-15)19-10-4-3-9-7-17-22-11(9)6-10/h1-8H,(H,17,22)(H,18,23)(H,19,20,21). The van der Waals surface area contributed by atoms with Gasteiger partial charge in [0.15, 0.2) is 11.6 Å². The summed E-state index contributed by atoms with van der Waals surface area (Å²) in [6, 6.07) is 9.99. The fraction of sp³-hybridized carbons (Fsp3) is 0. The first-order chi connectivity index (χ1) is 11.9. The van der Waals surface area contributed by atoms with Crippen LogP contribution in [0.1, 0.15) is 0 Å². The highest BCUT2D eigenvalue weighted by Crippen LogP contribution is 2.28. The van der Waals surface area contributed by atoms with E-state index in [1.165, 1.54) is 0 Å². The fourth-order valence-corrected chi connectivity index (χ4v) is 3.26. The molecule has 0 bridgehead atoms. The van der Waals surface area contributed by atoms with Crippen molar-refractivity contribution in [1.82, 2.24) is 30.4 Å². The second kappa shape index (κ2) is 5.14. The van der Waals surface area contributed by atoms with Gasteiger partial charge in [-0.15, -0.1) is 11.3 Å². The minimum Gasteiger partial charge on any atom is -0.338 e. The molecule has 0 saturated heterocycles. The fourth-order valence-electron chi connectivity index (χ4n) is 2.60. The van der Waals surface area contributed by atoms with E-state index in [1.54, 1.807) is 23.7 Å². The molecule has 8 heteroatoms. The molecular weight excluding hydrogens is 322 g/mol. The maximum absolute atomic E-state index is 4.67. The number of nitrogens with one attached hydrogen (secondary N) is 3. The minimum atomic E-state index is 0.684. The lowest BCUT2D eigenvalue weighted by Crippen LogP contribution is -1.98. The topological polar surface area (TPSA) is 95.2 Å². The molecule has 0 aliphatic carbocycles. The van der Waals surface area contributed by atoms with Gasteiger partial charge in [-0.1, -0.05) is 6.07 Å². The summed E-state index contributed by atoms with van der Waals surface area (Å²) >= 11 is 1.61. The smallest absolute Gasteiger partial charge is 0.172 e. The van der Waals surface area contributed by atoms with E-state index in [9.17, 15) is 0 Å².